The SMILES string of the molecule is Cc1cc2cc(C(=O)NCC(O)(c3cc4c(c(-c5ccc(F)cc5)n3)OC[C@]4(C)C(N)=O)C(F)(F)F)cc(NC(=O)C3(F)CC3)c2nc1C. The van der Waals surface area contributed by atoms with Crippen LogP contribution in [-0.4, -0.2) is 57.8 Å². The van der Waals surface area contributed by atoms with E-state index in [-0.39, 0.29) is 58.8 Å². The molecule has 1 aliphatic carbocycles. The van der Waals surface area contributed by atoms with Gasteiger partial charge in [0.15, 0.2) is 5.67 Å². The lowest BCUT2D eigenvalue weighted by molar-refractivity contribution is -0.265. The summed E-state index contributed by atoms with van der Waals surface area (Å²) in [4.78, 5) is 47.0. The van der Waals surface area contributed by atoms with Gasteiger partial charge in [-0.2, -0.15) is 13.2 Å². The first-order valence-corrected chi connectivity index (χ1v) is 15.1. The standard InChI is InChI=1S/C34H30F5N5O5/c1-16-10-19-11-20(12-23(25(19)42-17(16)2)43-30(47)32(36)8-9-32)28(45)41-14-33(48,34(37,38)39)24-13-22-27(49-15-31(22,3)29(40)46)26(44-24)18-4-6-21(35)7-5-18/h4-7,10-13,48H,8-9,14-15H2,1-3H3,(H2,40,46)(H,41,45)(H,43,47)/t31-,33?/m0/s1. The molecule has 3 heterocycles. The van der Waals surface area contributed by atoms with Crippen molar-refractivity contribution < 1.29 is 46.2 Å². The Bertz CT molecular complexity index is 2050. The molecule has 49 heavy (non-hydrogen) atoms. The molecule has 6 rings (SSSR count). The number of nitrogens with one attached hydrogen (secondary N) is 2. The van der Waals surface area contributed by atoms with Crippen LogP contribution in [0.15, 0.2) is 48.5 Å². The lowest BCUT2D eigenvalue weighted by Crippen LogP contribution is -2.51. The molecule has 15 heteroatoms. The van der Waals surface area contributed by atoms with Crippen molar-refractivity contribution in [3.8, 4) is 17.0 Å². The van der Waals surface area contributed by atoms with Gasteiger partial charge in [-0.25, -0.2) is 13.8 Å². The van der Waals surface area contributed by atoms with Gasteiger partial charge in [0, 0.05) is 27.8 Å². The number of primary amides is 1. The van der Waals surface area contributed by atoms with E-state index < -0.39 is 58.6 Å². The number of amides is 3. The summed E-state index contributed by atoms with van der Waals surface area (Å²) in [6.45, 7) is 3.03. The summed E-state index contributed by atoms with van der Waals surface area (Å²) in [5, 5.41) is 16.3. The minimum absolute atomic E-state index is 0.0167. The fraction of sp³-hybridized carbons (Fsp3) is 0.324. The van der Waals surface area contributed by atoms with Crippen LogP contribution < -0.4 is 21.1 Å². The Labute approximate surface area is 275 Å². The van der Waals surface area contributed by atoms with Gasteiger partial charge in [-0.1, -0.05) is 0 Å². The van der Waals surface area contributed by atoms with E-state index in [0.717, 1.165) is 24.3 Å². The summed E-state index contributed by atoms with van der Waals surface area (Å²) in [5.74, 6) is -3.65. The van der Waals surface area contributed by atoms with Crippen LogP contribution in [0.2, 0.25) is 0 Å². The number of halogens is 5. The van der Waals surface area contributed by atoms with E-state index in [0.29, 0.717) is 16.6 Å². The minimum atomic E-state index is -5.44. The second-order valence-corrected chi connectivity index (χ2v) is 12.7. The van der Waals surface area contributed by atoms with E-state index in [1.165, 1.54) is 25.1 Å². The third-order valence-electron chi connectivity index (χ3n) is 9.10. The van der Waals surface area contributed by atoms with Gasteiger partial charge in [-0.05, 0) is 87.7 Å². The lowest BCUT2D eigenvalue weighted by Gasteiger charge is -2.31. The maximum atomic E-state index is 14.8. The second kappa shape index (κ2) is 11.5. The molecule has 10 nitrogen and oxygen atoms in total. The lowest BCUT2D eigenvalue weighted by atomic mass is 9.81. The van der Waals surface area contributed by atoms with Crippen LogP contribution in [0, 0.1) is 19.7 Å². The zero-order chi connectivity index (χ0) is 35.7. The second-order valence-electron chi connectivity index (χ2n) is 12.7. The van der Waals surface area contributed by atoms with E-state index in [1.807, 2.05) is 0 Å². The minimum Gasteiger partial charge on any atom is -0.489 e. The molecule has 0 saturated heterocycles. The molecular weight excluding hydrogens is 653 g/mol. The van der Waals surface area contributed by atoms with Crippen molar-refractivity contribution in [3.05, 3.63) is 82.4 Å². The molecule has 1 aliphatic heterocycles. The number of hydrogen-bond acceptors (Lipinski definition) is 7. The first-order chi connectivity index (χ1) is 22.9. The van der Waals surface area contributed by atoms with Crippen LogP contribution in [-0.2, 0) is 20.6 Å². The Hall–Kier alpha value is -5.18. The van der Waals surface area contributed by atoms with E-state index >= 15 is 0 Å². The quantitative estimate of drug-likeness (QED) is 0.194. The number of hydrogen-bond donors (Lipinski definition) is 4. The van der Waals surface area contributed by atoms with Gasteiger partial charge in [-0.3, -0.25) is 19.4 Å². The average Bonchev–Trinajstić information content (AvgIpc) is 3.71. The highest BCUT2D eigenvalue weighted by Crippen LogP contribution is 2.48. The molecule has 3 amide bonds. The molecule has 1 saturated carbocycles. The molecule has 1 fully saturated rings. The highest BCUT2D eigenvalue weighted by Gasteiger charge is 2.58. The number of pyridine rings is 2. The predicted octanol–water partition coefficient (Wildman–Crippen LogP) is 4.81. The molecule has 0 bridgehead atoms. The third kappa shape index (κ3) is 5.81. The number of aliphatic hydroxyl groups is 1. The van der Waals surface area contributed by atoms with Crippen molar-refractivity contribution in [2.45, 2.75) is 56.5 Å². The first kappa shape index (κ1) is 33.7. The largest absolute Gasteiger partial charge is 0.489 e. The van der Waals surface area contributed by atoms with Crippen molar-refractivity contribution in [2.75, 3.05) is 18.5 Å². The normalized spacial score (nSPS) is 19.0. The predicted molar refractivity (Wildman–Crippen MR) is 167 cm³/mol. The van der Waals surface area contributed by atoms with Crippen LogP contribution in [0.25, 0.3) is 22.2 Å². The van der Waals surface area contributed by atoms with Gasteiger partial charge in [-0.15, -0.1) is 0 Å². The number of ether oxygens (including phenoxy) is 1. The van der Waals surface area contributed by atoms with E-state index in [9.17, 15) is 41.4 Å². The van der Waals surface area contributed by atoms with Crippen molar-refractivity contribution in [2.24, 2.45) is 5.73 Å². The summed E-state index contributed by atoms with van der Waals surface area (Å²) >= 11 is 0. The molecular formula is C34H30F5N5O5. The molecule has 2 aromatic carbocycles. The number of anilines is 1. The number of carbonyl (C=O) groups is 3. The Morgan fingerprint density at radius 1 is 1.04 bits per heavy atom. The van der Waals surface area contributed by atoms with Gasteiger partial charge in [0.05, 0.1) is 23.4 Å². The van der Waals surface area contributed by atoms with Crippen molar-refractivity contribution in [1.29, 1.82) is 0 Å². The number of rotatable bonds is 8. The molecule has 0 spiro atoms. The van der Waals surface area contributed by atoms with Crippen molar-refractivity contribution in [1.82, 2.24) is 15.3 Å². The van der Waals surface area contributed by atoms with Crippen molar-refractivity contribution in [3.63, 3.8) is 0 Å². The fourth-order valence-corrected chi connectivity index (χ4v) is 5.53. The Kier molecular flexibility index (Phi) is 7.89. The van der Waals surface area contributed by atoms with Crippen LogP contribution in [0.4, 0.5) is 27.6 Å². The number of fused-ring (bicyclic) bond motifs is 2. The highest BCUT2D eigenvalue weighted by molar-refractivity contribution is 6.08. The number of aromatic nitrogens is 2. The third-order valence-corrected chi connectivity index (χ3v) is 9.10. The molecule has 2 aliphatic rings. The van der Waals surface area contributed by atoms with E-state index in [2.05, 4.69) is 20.6 Å². The van der Waals surface area contributed by atoms with Gasteiger partial charge in [0.25, 0.3) is 11.8 Å². The zero-order valence-electron chi connectivity index (χ0n) is 26.4. The van der Waals surface area contributed by atoms with E-state index in [1.54, 1.807) is 19.9 Å². The topological polar surface area (TPSA) is 157 Å². The van der Waals surface area contributed by atoms with E-state index in [4.69, 9.17) is 10.5 Å². The number of benzene rings is 2. The monoisotopic (exact) mass is 683 g/mol. The Balaban J connectivity index is 1.40. The summed E-state index contributed by atoms with van der Waals surface area (Å²) in [5.41, 5.74) is -1.80. The smallest absolute Gasteiger partial charge is 0.424 e. The van der Waals surface area contributed by atoms with Gasteiger partial charge < -0.3 is 26.2 Å². The molecule has 5 N–H and O–H groups in total. The summed E-state index contributed by atoms with van der Waals surface area (Å²) in [7, 11) is 0. The molecule has 1 unspecified atom stereocenters. The average molecular weight is 684 g/mol. The molecule has 2 atom stereocenters. The fourth-order valence-electron chi connectivity index (χ4n) is 5.53. The maximum absolute atomic E-state index is 14.8. The number of aryl methyl sites for hydroxylation is 2. The molecule has 4 aromatic rings. The number of nitrogens with zero attached hydrogens (tertiary/aromatic N) is 2. The van der Waals surface area contributed by atoms with Crippen LogP contribution in [0.1, 0.15) is 52.6 Å². The molecule has 256 valence electrons. The van der Waals surface area contributed by atoms with Crippen LogP contribution >= 0.6 is 0 Å². The van der Waals surface area contributed by atoms with Gasteiger partial charge >= 0.3 is 6.18 Å². The number of alkyl halides is 4. The number of carbonyl (C=O) groups excluding carboxylic acids is 3. The maximum Gasteiger partial charge on any atom is 0.424 e. The Morgan fingerprint density at radius 2 is 1.71 bits per heavy atom. The van der Waals surface area contributed by atoms with Gasteiger partial charge in [0.1, 0.15) is 29.3 Å². The highest BCUT2D eigenvalue weighted by atomic mass is 19.4. The summed E-state index contributed by atoms with van der Waals surface area (Å²) < 4.78 is 78.5. The Morgan fingerprint density at radius 3 is 2.33 bits per heavy atom. The zero-order valence-corrected chi connectivity index (χ0v) is 26.4. The molecule has 0 radical (unpaired) electrons. The van der Waals surface area contributed by atoms with Crippen LogP contribution in [0.3, 0.4) is 0 Å². The first-order valence-electron chi connectivity index (χ1n) is 15.1. The molecule has 2 aromatic heterocycles. The van der Waals surface area contributed by atoms with Gasteiger partial charge in [0.2, 0.25) is 11.5 Å². The number of nitrogens with two attached hydrogens (primary N) is 1. The summed E-state index contributed by atoms with van der Waals surface area (Å²) in [6, 6.07) is 9.57. The van der Waals surface area contributed by atoms with Crippen molar-refractivity contribution >= 4 is 34.3 Å². The summed E-state index contributed by atoms with van der Waals surface area (Å²) in [6.07, 6.45) is -5.41. The van der Waals surface area contributed by atoms with Crippen LogP contribution in [0.5, 0.6) is 5.75 Å².